The van der Waals surface area contributed by atoms with Crippen LogP contribution >= 0.6 is 0 Å². The normalized spacial score (nSPS) is 13.9. The number of furan rings is 1. The third-order valence-corrected chi connectivity index (χ3v) is 3.82. The summed E-state index contributed by atoms with van der Waals surface area (Å²) >= 11 is 0. The van der Waals surface area contributed by atoms with E-state index >= 15 is 0 Å². The van der Waals surface area contributed by atoms with E-state index in [-0.39, 0.29) is 6.61 Å². The zero-order chi connectivity index (χ0) is 17.3. The molecule has 0 amide bonds. The predicted molar refractivity (Wildman–Crippen MR) is 87.8 cm³/mol. The number of rotatable bonds is 6. The van der Waals surface area contributed by atoms with E-state index in [9.17, 15) is 10.2 Å². The lowest BCUT2D eigenvalue weighted by molar-refractivity contribution is 0.00182. The van der Waals surface area contributed by atoms with Gasteiger partial charge in [-0.05, 0) is 25.1 Å². The Morgan fingerprint density at radius 3 is 2.50 bits per heavy atom. The molecule has 128 valence electrons. The molecular formula is C17H19NO6. The number of nitrogens with zero attached hydrogens (tertiary/aromatic N) is 1. The second-order valence-corrected chi connectivity index (χ2v) is 5.40. The average Bonchev–Trinajstić information content (AvgIpc) is 3.04. The van der Waals surface area contributed by atoms with Crippen LogP contribution in [0.2, 0.25) is 0 Å². The van der Waals surface area contributed by atoms with Crippen molar-refractivity contribution < 1.29 is 28.8 Å². The number of benzene rings is 1. The van der Waals surface area contributed by atoms with E-state index in [0.717, 1.165) is 10.8 Å². The van der Waals surface area contributed by atoms with Crippen LogP contribution in [0.3, 0.4) is 0 Å². The molecule has 24 heavy (non-hydrogen) atoms. The van der Waals surface area contributed by atoms with Crippen molar-refractivity contribution >= 4 is 22.0 Å². The third-order valence-electron chi connectivity index (χ3n) is 3.82. The molecule has 0 radical (unpaired) electrons. The first kappa shape index (κ1) is 16.4. The maximum atomic E-state index is 9.69. The van der Waals surface area contributed by atoms with Crippen molar-refractivity contribution in [1.82, 2.24) is 4.98 Å². The smallest absolute Gasteiger partial charge is 0.230 e. The summed E-state index contributed by atoms with van der Waals surface area (Å²) in [5, 5.41) is 20.6. The van der Waals surface area contributed by atoms with Gasteiger partial charge in [-0.2, -0.15) is 0 Å². The molecule has 0 saturated heterocycles. The number of methoxy groups -OCH3 is 2. The van der Waals surface area contributed by atoms with Gasteiger partial charge in [0.1, 0.15) is 24.0 Å². The summed E-state index contributed by atoms with van der Waals surface area (Å²) in [7, 11) is 3.09. The monoisotopic (exact) mass is 333 g/mol. The fraction of sp³-hybridized carbons (Fsp3) is 0.353. The van der Waals surface area contributed by atoms with E-state index < -0.39 is 12.2 Å². The van der Waals surface area contributed by atoms with Crippen LogP contribution in [-0.4, -0.2) is 48.2 Å². The Bertz CT molecular complexity index is 857. The number of aliphatic hydroxyl groups excluding tert-OH is 2. The minimum atomic E-state index is -1.000. The highest BCUT2D eigenvalue weighted by Gasteiger charge is 2.19. The highest BCUT2D eigenvalue weighted by atomic mass is 16.5. The van der Waals surface area contributed by atoms with Crippen LogP contribution < -0.4 is 14.2 Å². The largest absolute Gasteiger partial charge is 0.495 e. The van der Waals surface area contributed by atoms with Crippen LogP contribution in [0, 0.1) is 0 Å². The van der Waals surface area contributed by atoms with Crippen LogP contribution in [-0.2, 0) is 0 Å². The number of hydrogen-bond acceptors (Lipinski definition) is 7. The summed E-state index contributed by atoms with van der Waals surface area (Å²) < 4.78 is 21.9. The molecule has 1 aromatic carbocycles. The molecule has 2 aromatic heterocycles. The topological polar surface area (TPSA) is 94.2 Å². The van der Waals surface area contributed by atoms with Gasteiger partial charge in [-0.3, -0.25) is 0 Å². The van der Waals surface area contributed by atoms with Crippen molar-refractivity contribution in [2.45, 2.75) is 19.1 Å². The van der Waals surface area contributed by atoms with Crippen molar-refractivity contribution in [3.8, 4) is 17.2 Å². The molecule has 3 rings (SSSR count). The first-order valence-electron chi connectivity index (χ1n) is 7.47. The Kier molecular flexibility index (Phi) is 4.46. The van der Waals surface area contributed by atoms with Gasteiger partial charge in [0, 0.05) is 5.39 Å². The van der Waals surface area contributed by atoms with Gasteiger partial charge in [-0.1, -0.05) is 0 Å². The van der Waals surface area contributed by atoms with E-state index in [1.165, 1.54) is 14.0 Å². The quantitative estimate of drug-likeness (QED) is 0.713. The molecule has 0 aliphatic heterocycles. The van der Waals surface area contributed by atoms with Crippen LogP contribution in [0.1, 0.15) is 6.92 Å². The van der Waals surface area contributed by atoms with Gasteiger partial charge in [0.05, 0.1) is 32.0 Å². The van der Waals surface area contributed by atoms with E-state index in [1.54, 1.807) is 31.6 Å². The predicted octanol–water partition coefficient (Wildman–Crippen LogP) is 2.12. The van der Waals surface area contributed by atoms with Crippen LogP contribution in [0.5, 0.6) is 17.2 Å². The SMILES string of the molecule is COc1c2ccoc2nc2c(OC)c(OCC(O)C(C)O)ccc12. The van der Waals surface area contributed by atoms with E-state index in [1.807, 2.05) is 0 Å². The van der Waals surface area contributed by atoms with Crippen LogP contribution in [0.4, 0.5) is 0 Å². The maximum absolute atomic E-state index is 9.69. The van der Waals surface area contributed by atoms with E-state index in [2.05, 4.69) is 4.98 Å². The number of pyridine rings is 1. The Morgan fingerprint density at radius 1 is 1.08 bits per heavy atom. The Hall–Kier alpha value is -2.51. The van der Waals surface area contributed by atoms with Crippen LogP contribution in [0.25, 0.3) is 22.0 Å². The van der Waals surface area contributed by atoms with Gasteiger partial charge in [0.15, 0.2) is 11.5 Å². The number of ether oxygens (including phenoxy) is 3. The lowest BCUT2D eigenvalue weighted by Crippen LogP contribution is -2.29. The first-order valence-corrected chi connectivity index (χ1v) is 7.47. The summed E-state index contributed by atoms with van der Waals surface area (Å²) in [6.07, 6.45) is -0.347. The van der Waals surface area contributed by atoms with Gasteiger partial charge in [0.25, 0.3) is 0 Å². The molecule has 7 nitrogen and oxygen atoms in total. The molecule has 0 bridgehead atoms. The Labute approximate surface area is 138 Å². The number of fused-ring (bicyclic) bond motifs is 2. The molecule has 2 heterocycles. The summed E-state index contributed by atoms with van der Waals surface area (Å²) in [6, 6.07) is 5.31. The zero-order valence-corrected chi connectivity index (χ0v) is 13.6. The Morgan fingerprint density at radius 2 is 1.83 bits per heavy atom. The summed E-state index contributed by atoms with van der Waals surface area (Å²) in [6.45, 7) is 1.42. The lowest BCUT2D eigenvalue weighted by atomic mass is 10.1. The molecule has 0 aliphatic rings. The molecule has 0 spiro atoms. The minimum absolute atomic E-state index is 0.0698. The van der Waals surface area contributed by atoms with Gasteiger partial charge in [-0.15, -0.1) is 0 Å². The van der Waals surface area contributed by atoms with Crippen molar-refractivity contribution in [1.29, 1.82) is 0 Å². The standard InChI is InChI=1S/C17H19NO6/c1-9(19)12(20)8-24-13-5-4-10-14(16(13)22-3)18-17-11(6-7-23-17)15(10)21-2/h4-7,9,12,19-20H,8H2,1-3H3. The third kappa shape index (κ3) is 2.72. The molecule has 7 heteroatoms. The Balaban J connectivity index is 2.11. The first-order chi connectivity index (χ1) is 11.6. The maximum Gasteiger partial charge on any atom is 0.230 e. The highest BCUT2D eigenvalue weighted by Crippen LogP contribution is 2.41. The minimum Gasteiger partial charge on any atom is -0.495 e. The fourth-order valence-electron chi connectivity index (χ4n) is 2.50. The molecule has 3 aromatic rings. The van der Waals surface area contributed by atoms with Crippen LogP contribution in [0.15, 0.2) is 28.9 Å². The fourth-order valence-corrected chi connectivity index (χ4v) is 2.50. The number of hydrogen-bond donors (Lipinski definition) is 2. The second-order valence-electron chi connectivity index (χ2n) is 5.40. The molecule has 0 saturated carbocycles. The molecule has 0 fully saturated rings. The van der Waals surface area contributed by atoms with Crippen molar-refractivity contribution in [2.24, 2.45) is 0 Å². The molecule has 2 unspecified atom stereocenters. The van der Waals surface area contributed by atoms with E-state index in [0.29, 0.717) is 28.5 Å². The van der Waals surface area contributed by atoms with Crippen molar-refractivity contribution in [3.05, 3.63) is 24.5 Å². The van der Waals surface area contributed by atoms with Gasteiger partial charge < -0.3 is 28.8 Å². The second kappa shape index (κ2) is 6.54. The van der Waals surface area contributed by atoms with Crippen molar-refractivity contribution in [2.75, 3.05) is 20.8 Å². The summed E-state index contributed by atoms with van der Waals surface area (Å²) in [5.41, 5.74) is 0.958. The summed E-state index contributed by atoms with van der Waals surface area (Å²) in [5.74, 6) is 1.45. The lowest BCUT2D eigenvalue weighted by Gasteiger charge is -2.17. The summed E-state index contributed by atoms with van der Waals surface area (Å²) in [4.78, 5) is 4.48. The van der Waals surface area contributed by atoms with Gasteiger partial charge in [-0.25, -0.2) is 4.98 Å². The average molecular weight is 333 g/mol. The highest BCUT2D eigenvalue weighted by molar-refractivity contribution is 6.02. The van der Waals surface area contributed by atoms with Crippen molar-refractivity contribution in [3.63, 3.8) is 0 Å². The number of aromatic nitrogens is 1. The number of aliphatic hydroxyl groups is 2. The molecule has 2 atom stereocenters. The van der Waals surface area contributed by atoms with Gasteiger partial charge >= 0.3 is 0 Å². The molecule has 0 aliphatic carbocycles. The molecule has 2 N–H and O–H groups in total. The van der Waals surface area contributed by atoms with Gasteiger partial charge in [0.2, 0.25) is 5.71 Å². The molecular weight excluding hydrogens is 314 g/mol. The van der Waals surface area contributed by atoms with E-state index in [4.69, 9.17) is 18.6 Å². The zero-order valence-electron chi connectivity index (χ0n) is 13.6.